The van der Waals surface area contributed by atoms with Crippen molar-refractivity contribution in [3.8, 4) is 0 Å². The lowest BCUT2D eigenvalue weighted by Gasteiger charge is -2.26. The number of halogens is 1. The van der Waals surface area contributed by atoms with E-state index in [0.29, 0.717) is 16.4 Å². The smallest absolute Gasteiger partial charge is 0.250 e. The maximum absolute atomic E-state index is 11.0. The van der Waals surface area contributed by atoms with E-state index in [1.165, 1.54) is 12.3 Å². The molecule has 0 bridgehead atoms. The molecule has 98 valence electrons. The van der Waals surface area contributed by atoms with Gasteiger partial charge in [-0.25, -0.2) is 4.98 Å². The largest absolute Gasteiger partial charge is 0.393 e. The van der Waals surface area contributed by atoms with Gasteiger partial charge in [-0.15, -0.1) is 0 Å². The van der Waals surface area contributed by atoms with Gasteiger partial charge in [0.15, 0.2) is 0 Å². The fraction of sp³-hybridized carbons (Fsp3) is 0.500. The van der Waals surface area contributed by atoms with E-state index in [0.717, 1.165) is 25.7 Å². The quantitative estimate of drug-likeness (QED) is 0.777. The van der Waals surface area contributed by atoms with E-state index in [1.54, 1.807) is 0 Å². The highest BCUT2D eigenvalue weighted by molar-refractivity contribution is 6.33. The third-order valence-electron chi connectivity index (χ3n) is 3.16. The zero-order valence-corrected chi connectivity index (χ0v) is 10.7. The highest BCUT2D eigenvalue weighted by Gasteiger charge is 2.20. The topological polar surface area (TPSA) is 88.2 Å². The Labute approximate surface area is 110 Å². The van der Waals surface area contributed by atoms with E-state index >= 15 is 0 Å². The second kappa shape index (κ2) is 5.54. The summed E-state index contributed by atoms with van der Waals surface area (Å²) in [4.78, 5) is 15.1. The number of hydrogen-bond donors (Lipinski definition) is 3. The fourth-order valence-electron chi connectivity index (χ4n) is 2.09. The van der Waals surface area contributed by atoms with Crippen LogP contribution in [0.25, 0.3) is 0 Å². The summed E-state index contributed by atoms with van der Waals surface area (Å²) < 4.78 is 0. The third kappa shape index (κ3) is 3.11. The van der Waals surface area contributed by atoms with Gasteiger partial charge < -0.3 is 16.2 Å². The van der Waals surface area contributed by atoms with Crippen LogP contribution >= 0.6 is 11.6 Å². The molecule has 1 aromatic heterocycles. The average molecular weight is 270 g/mol. The monoisotopic (exact) mass is 269 g/mol. The lowest BCUT2D eigenvalue weighted by Crippen LogP contribution is -2.28. The van der Waals surface area contributed by atoms with Crippen LogP contribution in [0.3, 0.4) is 0 Å². The summed E-state index contributed by atoms with van der Waals surface area (Å²) in [5.74, 6) is 0.0137. The maximum Gasteiger partial charge on any atom is 0.250 e. The van der Waals surface area contributed by atoms with Crippen LogP contribution in [0, 0.1) is 0 Å². The predicted molar refractivity (Wildman–Crippen MR) is 69.7 cm³/mol. The summed E-state index contributed by atoms with van der Waals surface area (Å²) in [6.07, 6.45) is 4.56. The first-order valence-electron chi connectivity index (χ1n) is 5.96. The molecule has 1 saturated carbocycles. The molecule has 1 aliphatic carbocycles. The minimum atomic E-state index is -0.545. The molecule has 6 heteroatoms. The predicted octanol–water partition coefficient (Wildman–Crippen LogP) is 1.55. The van der Waals surface area contributed by atoms with Gasteiger partial charge in [-0.3, -0.25) is 4.79 Å². The number of aliphatic hydroxyl groups is 1. The summed E-state index contributed by atoms with van der Waals surface area (Å²) >= 11 is 6.04. The summed E-state index contributed by atoms with van der Waals surface area (Å²) in [7, 11) is 0. The molecule has 2 rings (SSSR count). The lowest BCUT2D eigenvalue weighted by atomic mass is 9.93. The van der Waals surface area contributed by atoms with E-state index in [-0.39, 0.29) is 12.1 Å². The Hall–Kier alpha value is -1.33. The van der Waals surface area contributed by atoms with Crippen LogP contribution in [0.2, 0.25) is 5.02 Å². The number of amides is 1. The minimum Gasteiger partial charge on any atom is -0.393 e. The van der Waals surface area contributed by atoms with E-state index in [9.17, 15) is 9.90 Å². The third-order valence-corrected chi connectivity index (χ3v) is 3.45. The second-order valence-electron chi connectivity index (χ2n) is 4.57. The Bertz CT molecular complexity index is 445. The summed E-state index contributed by atoms with van der Waals surface area (Å²) in [5.41, 5.74) is 5.44. The van der Waals surface area contributed by atoms with Gasteiger partial charge in [-0.05, 0) is 31.7 Å². The van der Waals surface area contributed by atoms with Gasteiger partial charge in [-0.1, -0.05) is 11.6 Å². The van der Waals surface area contributed by atoms with Gasteiger partial charge in [0.25, 0.3) is 0 Å². The van der Waals surface area contributed by atoms with Crippen molar-refractivity contribution in [2.24, 2.45) is 5.73 Å². The first-order chi connectivity index (χ1) is 8.56. The average Bonchev–Trinajstić information content (AvgIpc) is 2.34. The van der Waals surface area contributed by atoms with E-state index in [2.05, 4.69) is 10.3 Å². The van der Waals surface area contributed by atoms with Gasteiger partial charge in [0.2, 0.25) is 5.91 Å². The molecule has 1 aliphatic rings. The number of rotatable bonds is 3. The molecule has 0 saturated heterocycles. The van der Waals surface area contributed by atoms with Crippen molar-refractivity contribution in [2.75, 3.05) is 5.32 Å². The van der Waals surface area contributed by atoms with Crippen molar-refractivity contribution >= 4 is 23.3 Å². The van der Waals surface area contributed by atoms with Crippen molar-refractivity contribution in [1.82, 2.24) is 4.98 Å². The van der Waals surface area contributed by atoms with Crippen LogP contribution in [-0.4, -0.2) is 28.1 Å². The lowest BCUT2D eigenvalue weighted by molar-refractivity contribution is 0.1000. The van der Waals surface area contributed by atoms with Crippen LogP contribution in [-0.2, 0) is 0 Å². The van der Waals surface area contributed by atoms with Crippen molar-refractivity contribution in [3.63, 3.8) is 0 Å². The zero-order chi connectivity index (χ0) is 13.1. The van der Waals surface area contributed by atoms with Crippen LogP contribution < -0.4 is 11.1 Å². The number of aromatic nitrogens is 1. The van der Waals surface area contributed by atoms with Gasteiger partial charge in [0.1, 0.15) is 5.82 Å². The Morgan fingerprint density at radius 3 is 2.67 bits per heavy atom. The molecule has 1 fully saturated rings. The number of pyridine rings is 1. The zero-order valence-electron chi connectivity index (χ0n) is 9.90. The van der Waals surface area contributed by atoms with Crippen LogP contribution in [0.4, 0.5) is 5.82 Å². The van der Waals surface area contributed by atoms with E-state index < -0.39 is 5.91 Å². The van der Waals surface area contributed by atoms with Crippen molar-refractivity contribution < 1.29 is 9.90 Å². The Morgan fingerprint density at radius 2 is 2.11 bits per heavy atom. The number of primary amides is 1. The molecule has 5 nitrogen and oxygen atoms in total. The summed E-state index contributed by atoms with van der Waals surface area (Å²) in [6, 6.07) is 1.77. The normalized spacial score (nSPS) is 23.7. The molecular formula is C12H16ClN3O2. The fourth-order valence-corrected chi connectivity index (χ4v) is 2.31. The number of anilines is 1. The molecule has 4 N–H and O–H groups in total. The van der Waals surface area contributed by atoms with E-state index in [1.807, 2.05) is 0 Å². The Morgan fingerprint density at radius 1 is 1.44 bits per heavy atom. The molecule has 0 atom stereocenters. The molecule has 0 radical (unpaired) electrons. The number of carbonyl (C=O) groups excluding carboxylic acids is 1. The van der Waals surface area contributed by atoms with Crippen LogP contribution in [0.1, 0.15) is 36.0 Å². The SMILES string of the molecule is NC(=O)c1cnc(NC2CCC(O)CC2)c(Cl)c1. The highest BCUT2D eigenvalue weighted by atomic mass is 35.5. The number of carbonyl (C=O) groups is 1. The highest BCUT2D eigenvalue weighted by Crippen LogP contribution is 2.25. The first-order valence-corrected chi connectivity index (χ1v) is 6.34. The summed E-state index contributed by atoms with van der Waals surface area (Å²) in [5, 5.41) is 13.0. The number of nitrogens with two attached hydrogens (primary N) is 1. The Kier molecular flexibility index (Phi) is 4.04. The molecule has 0 aliphatic heterocycles. The Balaban J connectivity index is 2.03. The summed E-state index contributed by atoms with van der Waals surface area (Å²) in [6.45, 7) is 0. The molecule has 1 aromatic rings. The van der Waals surface area contributed by atoms with E-state index in [4.69, 9.17) is 17.3 Å². The molecular weight excluding hydrogens is 254 g/mol. The first kappa shape index (κ1) is 13.1. The molecule has 0 spiro atoms. The van der Waals surface area contributed by atoms with Gasteiger partial charge in [0.05, 0.1) is 16.7 Å². The maximum atomic E-state index is 11.0. The van der Waals surface area contributed by atoms with Gasteiger partial charge in [-0.2, -0.15) is 0 Å². The van der Waals surface area contributed by atoms with Crippen LogP contribution in [0.15, 0.2) is 12.3 Å². The van der Waals surface area contributed by atoms with Crippen molar-refractivity contribution in [3.05, 3.63) is 22.8 Å². The minimum absolute atomic E-state index is 0.191. The van der Waals surface area contributed by atoms with Crippen molar-refractivity contribution in [2.45, 2.75) is 37.8 Å². The van der Waals surface area contributed by atoms with Crippen LogP contribution in [0.5, 0.6) is 0 Å². The number of nitrogens with one attached hydrogen (secondary N) is 1. The number of aliphatic hydroxyl groups excluding tert-OH is 1. The number of nitrogens with zero attached hydrogens (tertiary/aromatic N) is 1. The van der Waals surface area contributed by atoms with Gasteiger partial charge in [0, 0.05) is 12.2 Å². The molecule has 18 heavy (non-hydrogen) atoms. The molecule has 0 unspecified atom stereocenters. The molecule has 1 heterocycles. The standard InChI is InChI=1S/C12H16ClN3O2/c13-10-5-7(11(14)18)6-15-12(10)16-8-1-3-9(17)4-2-8/h5-6,8-9,17H,1-4H2,(H2,14,18)(H,15,16). The molecule has 1 amide bonds. The number of hydrogen-bond acceptors (Lipinski definition) is 4. The van der Waals surface area contributed by atoms with Gasteiger partial charge >= 0.3 is 0 Å². The second-order valence-corrected chi connectivity index (χ2v) is 4.98. The van der Waals surface area contributed by atoms with Crippen molar-refractivity contribution in [1.29, 1.82) is 0 Å². The molecule has 0 aromatic carbocycles.